The third kappa shape index (κ3) is 4.67. The lowest BCUT2D eigenvalue weighted by Crippen LogP contribution is -2.26. The molecule has 3 heteroatoms. The van der Waals surface area contributed by atoms with Gasteiger partial charge in [0, 0.05) is 12.1 Å². The van der Waals surface area contributed by atoms with Crippen LogP contribution in [0.4, 0.5) is 4.39 Å². The van der Waals surface area contributed by atoms with Gasteiger partial charge in [0.25, 0.3) is 0 Å². The lowest BCUT2D eigenvalue weighted by atomic mass is 10.1. The fourth-order valence-corrected chi connectivity index (χ4v) is 1.74. The Morgan fingerprint density at radius 2 is 2.18 bits per heavy atom. The molecule has 0 radical (unpaired) electrons. The van der Waals surface area contributed by atoms with E-state index in [2.05, 4.69) is 6.58 Å². The van der Waals surface area contributed by atoms with Gasteiger partial charge in [-0.05, 0) is 32.5 Å². The first-order valence-electron chi connectivity index (χ1n) is 5.87. The van der Waals surface area contributed by atoms with E-state index in [1.54, 1.807) is 18.2 Å². The van der Waals surface area contributed by atoms with Crippen LogP contribution in [0.1, 0.15) is 24.5 Å². The lowest BCUT2D eigenvalue weighted by molar-refractivity contribution is 0.123. The molecule has 0 aliphatic heterocycles. The quantitative estimate of drug-likeness (QED) is 0.582. The average Bonchev–Trinajstić information content (AvgIpc) is 2.29. The maximum absolute atomic E-state index is 13.4. The number of aliphatic hydroxyl groups excluding tert-OH is 1. The SMILES string of the molecule is C=CCCCN(C)CC(O)c1ccccc1F. The summed E-state index contributed by atoms with van der Waals surface area (Å²) in [6.07, 6.45) is 3.07. The molecule has 94 valence electrons. The van der Waals surface area contributed by atoms with Crippen molar-refractivity contribution in [3.63, 3.8) is 0 Å². The molecule has 0 saturated heterocycles. The van der Waals surface area contributed by atoms with Crippen LogP contribution in [-0.4, -0.2) is 30.1 Å². The molecule has 1 rings (SSSR count). The van der Waals surface area contributed by atoms with E-state index in [1.807, 2.05) is 18.0 Å². The number of benzene rings is 1. The molecule has 0 aliphatic carbocycles. The summed E-state index contributed by atoms with van der Waals surface area (Å²) in [5.74, 6) is -0.348. The molecule has 1 aromatic rings. The third-order valence-electron chi connectivity index (χ3n) is 2.70. The van der Waals surface area contributed by atoms with Gasteiger partial charge in [0.1, 0.15) is 5.82 Å². The molecule has 1 atom stereocenters. The van der Waals surface area contributed by atoms with Crippen LogP contribution in [0.3, 0.4) is 0 Å². The van der Waals surface area contributed by atoms with Gasteiger partial charge >= 0.3 is 0 Å². The zero-order valence-corrected chi connectivity index (χ0v) is 10.3. The van der Waals surface area contributed by atoms with Gasteiger partial charge < -0.3 is 10.0 Å². The molecule has 0 amide bonds. The Bertz CT molecular complexity index is 354. The summed E-state index contributed by atoms with van der Waals surface area (Å²) >= 11 is 0. The molecule has 0 saturated carbocycles. The predicted octanol–water partition coefficient (Wildman–Crippen LogP) is 2.76. The number of hydrogen-bond acceptors (Lipinski definition) is 2. The second-order valence-corrected chi connectivity index (χ2v) is 4.23. The Kier molecular flexibility index (Phi) is 5.87. The van der Waals surface area contributed by atoms with Gasteiger partial charge in [-0.2, -0.15) is 0 Å². The molecule has 0 bridgehead atoms. The van der Waals surface area contributed by atoms with Crippen molar-refractivity contribution in [3.8, 4) is 0 Å². The van der Waals surface area contributed by atoms with E-state index >= 15 is 0 Å². The molecule has 0 spiro atoms. The minimum absolute atomic E-state index is 0.348. The molecular weight excluding hydrogens is 217 g/mol. The first-order chi connectivity index (χ1) is 8.15. The summed E-state index contributed by atoms with van der Waals surface area (Å²) < 4.78 is 13.4. The highest BCUT2D eigenvalue weighted by molar-refractivity contribution is 5.19. The standard InChI is InChI=1S/C14H20FNO/c1-3-4-7-10-16(2)11-14(17)12-8-5-6-9-13(12)15/h3,5-6,8-9,14,17H,1,4,7,10-11H2,2H3. The van der Waals surface area contributed by atoms with Gasteiger partial charge in [0.2, 0.25) is 0 Å². The van der Waals surface area contributed by atoms with E-state index in [1.165, 1.54) is 6.07 Å². The molecule has 1 aromatic carbocycles. The van der Waals surface area contributed by atoms with Crippen molar-refractivity contribution in [2.75, 3.05) is 20.1 Å². The molecule has 0 fully saturated rings. The maximum Gasteiger partial charge on any atom is 0.129 e. The minimum atomic E-state index is -0.773. The van der Waals surface area contributed by atoms with Crippen LogP contribution in [0.5, 0.6) is 0 Å². The van der Waals surface area contributed by atoms with E-state index < -0.39 is 6.10 Å². The van der Waals surface area contributed by atoms with Crippen molar-refractivity contribution < 1.29 is 9.50 Å². The fourth-order valence-electron chi connectivity index (χ4n) is 1.74. The van der Waals surface area contributed by atoms with Gasteiger partial charge in [0.15, 0.2) is 0 Å². The van der Waals surface area contributed by atoms with E-state index in [4.69, 9.17) is 0 Å². The largest absolute Gasteiger partial charge is 0.387 e. The summed E-state index contributed by atoms with van der Waals surface area (Å²) in [6, 6.07) is 6.35. The Morgan fingerprint density at radius 3 is 2.82 bits per heavy atom. The molecule has 0 aromatic heterocycles. The highest BCUT2D eigenvalue weighted by atomic mass is 19.1. The Balaban J connectivity index is 2.46. The fraction of sp³-hybridized carbons (Fsp3) is 0.429. The van der Waals surface area contributed by atoms with Crippen LogP contribution < -0.4 is 0 Å². The number of allylic oxidation sites excluding steroid dienone is 1. The molecule has 2 nitrogen and oxygen atoms in total. The average molecular weight is 237 g/mol. The number of halogens is 1. The highest BCUT2D eigenvalue weighted by Crippen LogP contribution is 2.17. The van der Waals surface area contributed by atoms with Crippen LogP contribution in [-0.2, 0) is 0 Å². The first-order valence-corrected chi connectivity index (χ1v) is 5.87. The van der Waals surface area contributed by atoms with Crippen molar-refractivity contribution >= 4 is 0 Å². The summed E-state index contributed by atoms with van der Waals surface area (Å²) in [7, 11) is 1.92. The highest BCUT2D eigenvalue weighted by Gasteiger charge is 2.13. The number of nitrogens with zero attached hydrogens (tertiary/aromatic N) is 1. The second-order valence-electron chi connectivity index (χ2n) is 4.23. The van der Waals surface area contributed by atoms with Crippen LogP contribution in [0.25, 0.3) is 0 Å². The van der Waals surface area contributed by atoms with Crippen molar-refractivity contribution in [2.45, 2.75) is 18.9 Å². The van der Waals surface area contributed by atoms with Gasteiger partial charge in [-0.15, -0.1) is 6.58 Å². The first kappa shape index (κ1) is 13.9. The number of hydrogen-bond donors (Lipinski definition) is 1. The lowest BCUT2D eigenvalue weighted by Gasteiger charge is -2.20. The summed E-state index contributed by atoms with van der Waals surface area (Å²) in [5.41, 5.74) is 0.364. The minimum Gasteiger partial charge on any atom is -0.387 e. The molecule has 17 heavy (non-hydrogen) atoms. The number of likely N-dealkylation sites (N-methyl/N-ethyl adjacent to an activating group) is 1. The normalized spacial score (nSPS) is 12.7. The Hall–Kier alpha value is -1.19. The van der Waals surface area contributed by atoms with E-state index in [0.717, 1.165) is 19.4 Å². The van der Waals surface area contributed by atoms with E-state index in [0.29, 0.717) is 12.1 Å². The molecule has 0 heterocycles. The topological polar surface area (TPSA) is 23.5 Å². The molecule has 0 aliphatic rings. The molecular formula is C14H20FNO. The predicted molar refractivity (Wildman–Crippen MR) is 68.3 cm³/mol. The van der Waals surface area contributed by atoms with Gasteiger partial charge in [0.05, 0.1) is 6.10 Å². The number of rotatable bonds is 7. The van der Waals surface area contributed by atoms with Crippen LogP contribution in [0.2, 0.25) is 0 Å². The summed E-state index contributed by atoms with van der Waals surface area (Å²) in [4.78, 5) is 2.00. The van der Waals surface area contributed by atoms with Crippen molar-refractivity contribution in [1.29, 1.82) is 0 Å². The van der Waals surface area contributed by atoms with Crippen molar-refractivity contribution in [1.82, 2.24) is 4.90 Å². The third-order valence-corrected chi connectivity index (χ3v) is 2.70. The maximum atomic E-state index is 13.4. The molecule has 1 N–H and O–H groups in total. The van der Waals surface area contributed by atoms with Gasteiger partial charge in [-0.3, -0.25) is 0 Å². The van der Waals surface area contributed by atoms with Gasteiger partial charge in [-0.1, -0.05) is 24.3 Å². The smallest absolute Gasteiger partial charge is 0.129 e. The zero-order chi connectivity index (χ0) is 12.7. The van der Waals surface area contributed by atoms with E-state index in [9.17, 15) is 9.50 Å². The van der Waals surface area contributed by atoms with E-state index in [-0.39, 0.29) is 5.82 Å². The Labute approximate surface area is 102 Å². The van der Waals surface area contributed by atoms with Crippen molar-refractivity contribution in [3.05, 3.63) is 48.3 Å². The van der Waals surface area contributed by atoms with Gasteiger partial charge in [-0.25, -0.2) is 4.39 Å². The molecule has 1 unspecified atom stereocenters. The Morgan fingerprint density at radius 1 is 1.47 bits per heavy atom. The second kappa shape index (κ2) is 7.20. The van der Waals surface area contributed by atoms with Crippen LogP contribution in [0, 0.1) is 5.82 Å². The number of unbranched alkanes of at least 4 members (excludes halogenated alkanes) is 1. The van der Waals surface area contributed by atoms with Crippen molar-refractivity contribution in [2.24, 2.45) is 0 Å². The van der Waals surface area contributed by atoms with Crippen LogP contribution in [0.15, 0.2) is 36.9 Å². The summed E-state index contributed by atoms with van der Waals surface area (Å²) in [6.45, 7) is 4.98. The van der Waals surface area contributed by atoms with Crippen LogP contribution >= 0.6 is 0 Å². The monoisotopic (exact) mass is 237 g/mol. The summed E-state index contributed by atoms with van der Waals surface area (Å²) in [5, 5.41) is 9.93. The number of aliphatic hydroxyl groups is 1. The zero-order valence-electron chi connectivity index (χ0n) is 10.3.